The van der Waals surface area contributed by atoms with Crippen LogP contribution in [0.2, 0.25) is 0 Å². The monoisotopic (exact) mass is 432 g/mol. The molecule has 1 aromatic carbocycles. The highest BCUT2D eigenvalue weighted by Gasteiger charge is 2.27. The molecule has 30 heavy (non-hydrogen) atoms. The number of amides is 4. The topological polar surface area (TPSA) is 101 Å². The van der Waals surface area contributed by atoms with Crippen molar-refractivity contribution in [1.82, 2.24) is 20.1 Å². The van der Waals surface area contributed by atoms with Crippen LogP contribution in [0.15, 0.2) is 18.2 Å². The first-order valence-corrected chi connectivity index (χ1v) is 10.8. The van der Waals surface area contributed by atoms with E-state index in [1.54, 1.807) is 7.11 Å². The van der Waals surface area contributed by atoms with Crippen LogP contribution in [0.25, 0.3) is 10.2 Å². The molecule has 0 saturated carbocycles. The summed E-state index contributed by atoms with van der Waals surface area (Å²) in [7, 11) is 1.63. The Morgan fingerprint density at radius 1 is 1.27 bits per heavy atom. The Morgan fingerprint density at radius 3 is 2.80 bits per heavy atom. The van der Waals surface area contributed by atoms with Crippen molar-refractivity contribution in [3.63, 3.8) is 0 Å². The van der Waals surface area contributed by atoms with Gasteiger partial charge in [-0.1, -0.05) is 11.3 Å². The molecule has 0 unspecified atom stereocenters. The number of carbonyl (C=O) groups is 3. The van der Waals surface area contributed by atoms with Gasteiger partial charge in [-0.25, -0.2) is 9.78 Å². The highest BCUT2D eigenvalue weighted by Crippen LogP contribution is 2.32. The van der Waals surface area contributed by atoms with Crippen LogP contribution in [0.3, 0.4) is 0 Å². The van der Waals surface area contributed by atoms with Crippen molar-refractivity contribution in [1.29, 1.82) is 0 Å². The van der Waals surface area contributed by atoms with Crippen LogP contribution in [-0.4, -0.2) is 72.0 Å². The van der Waals surface area contributed by atoms with Gasteiger partial charge in [0.05, 0.1) is 17.3 Å². The third kappa shape index (κ3) is 4.64. The molecule has 1 N–H and O–H groups in total. The molecular weight excluding hydrogens is 408 g/mol. The molecule has 1 aromatic heterocycles. The van der Waals surface area contributed by atoms with Crippen molar-refractivity contribution in [2.45, 2.75) is 31.8 Å². The molecule has 2 saturated heterocycles. The second kappa shape index (κ2) is 8.86. The number of benzene rings is 1. The van der Waals surface area contributed by atoms with E-state index in [2.05, 4.69) is 10.3 Å². The fourth-order valence-electron chi connectivity index (χ4n) is 3.63. The second-order valence-electron chi connectivity index (χ2n) is 7.35. The standard InChI is InChI=1S/C20H24N4O5S/c1-28-14-2-3-16-15(12-14)21-20(30-16)29-13-4-8-23(9-5-13)18(26)7-11-24-10-6-17(25)22-19(24)27/h2-3,12-13H,4-11H2,1H3,(H,22,25,27). The lowest BCUT2D eigenvalue weighted by Gasteiger charge is -2.32. The maximum absolute atomic E-state index is 12.5. The van der Waals surface area contributed by atoms with Gasteiger partial charge in [0.1, 0.15) is 11.9 Å². The van der Waals surface area contributed by atoms with E-state index < -0.39 is 6.03 Å². The smallest absolute Gasteiger partial charge is 0.324 e. The van der Waals surface area contributed by atoms with Gasteiger partial charge in [0.2, 0.25) is 11.8 Å². The summed E-state index contributed by atoms with van der Waals surface area (Å²) in [6.45, 7) is 1.92. The number of nitrogens with one attached hydrogen (secondary N) is 1. The maximum atomic E-state index is 12.5. The lowest BCUT2D eigenvalue weighted by Crippen LogP contribution is -2.50. The molecule has 0 aliphatic carbocycles. The minimum Gasteiger partial charge on any atom is -0.497 e. The summed E-state index contributed by atoms with van der Waals surface area (Å²) >= 11 is 1.50. The minimum absolute atomic E-state index is 0.0187. The number of rotatable bonds is 6. The molecule has 0 atom stereocenters. The molecule has 0 radical (unpaired) electrons. The maximum Gasteiger partial charge on any atom is 0.324 e. The number of imide groups is 1. The van der Waals surface area contributed by atoms with E-state index in [0.717, 1.165) is 28.8 Å². The zero-order chi connectivity index (χ0) is 21.1. The number of ether oxygens (including phenoxy) is 2. The first-order chi connectivity index (χ1) is 14.5. The molecule has 4 rings (SSSR count). The summed E-state index contributed by atoms with van der Waals surface area (Å²) in [6.07, 6.45) is 2.04. The van der Waals surface area contributed by atoms with Gasteiger partial charge in [0.15, 0.2) is 0 Å². The van der Waals surface area contributed by atoms with Crippen molar-refractivity contribution < 1.29 is 23.9 Å². The summed E-state index contributed by atoms with van der Waals surface area (Å²) in [5.41, 5.74) is 0.852. The molecule has 2 fully saturated rings. The van der Waals surface area contributed by atoms with Crippen molar-refractivity contribution in [3.8, 4) is 10.9 Å². The Kier molecular flexibility index (Phi) is 6.03. The number of urea groups is 1. The summed E-state index contributed by atoms with van der Waals surface area (Å²) in [6, 6.07) is 5.34. The molecule has 2 aliphatic heterocycles. The van der Waals surface area contributed by atoms with Gasteiger partial charge in [-0.3, -0.25) is 14.9 Å². The fraction of sp³-hybridized carbons (Fsp3) is 0.500. The van der Waals surface area contributed by atoms with Gasteiger partial charge < -0.3 is 19.3 Å². The predicted molar refractivity (Wildman–Crippen MR) is 111 cm³/mol. The first-order valence-electron chi connectivity index (χ1n) is 9.99. The molecule has 0 bridgehead atoms. The third-order valence-electron chi connectivity index (χ3n) is 5.38. The number of piperidine rings is 1. The van der Waals surface area contributed by atoms with E-state index in [1.807, 2.05) is 23.1 Å². The summed E-state index contributed by atoms with van der Waals surface area (Å²) in [4.78, 5) is 43.3. The van der Waals surface area contributed by atoms with E-state index in [9.17, 15) is 14.4 Å². The van der Waals surface area contributed by atoms with Crippen LogP contribution in [0.1, 0.15) is 25.7 Å². The van der Waals surface area contributed by atoms with Crippen molar-refractivity contribution in [2.24, 2.45) is 0 Å². The minimum atomic E-state index is -0.417. The molecule has 0 spiro atoms. The van der Waals surface area contributed by atoms with Gasteiger partial charge in [-0.05, 0) is 12.1 Å². The van der Waals surface area contributed by atoms with E-state index in [1.165, 1.54) is 16.2 Å². The Labute approximate surface area is 177 Å². The largest absolute Gasteiger partial charge is 0.497 e. The number of nitrogens with zero attached hydrogens (tertiary/aromatic N) is 3. The highest BCUT2D eigenvalue weighted by atomic mass is 32.1. The van der Waals surface area contributed by atoms with Crippen LogP contribution < -0.4 is 14.8 Å². The van der Waals surface area contributed by atoms with Crippen molar-refractivity contribution >= 4 is 39.4 Å². The van der Waals surface area contributed by atoms with Crippen LogP contribution in [0.4, 0.5) is 4.79 Å². The lowest BCUT2D eigenvalue weighted by molar-refractivity contribution is -0.133. The van der Waals surface area contributed by atoms with Crippen LogP contribution in [0, 0.1) is 0 Å². The molecule has 2 aliphatic rings. The Hall–Kier alpha value is -2.88. The second-order valence-corrected chi connectivity index (χ2v) is 8.34. The molecule has 10 heteroatoms. The first kappa shape index (κ1) is 20.4. The Morgan fingerprint density at radius 2 is 2.07 bits per heavy atom. The molecule has 4 amide bonds. The predicted octanol–water partition coefficient (Wildman–Crippen LogP) is 2.01. The quantitative estimate of drug-likeness (QED) is 0.749. The Bertz CT molecular complexity index is 954. The van der Waals surface area contributed by atoms with Crippen molar-refractivity contribution in [2.75, 3.05) is 33.3 Å². The molecule has 3 heterocycles. The van der Waals surface area contributed by atoms with E-state index >= 15 is 0 Å². The number of hydrogen-bond donors (Lipinski definition) is 1. The van der Waals surface area contributed by atoms with Crippen molar-refractivity contribution in [3.05, 3.63) is 18.2 Å². The number of aromatic nitrogens is 1. The SMILES string of the molecule is COc1ccc2sc(OC3CCN(C(=O)CCN4CCC(=O)NC4=O)CC3)nc2c1. The molecule has 160 valence electrons. The summed E-state index contributed by atoms with van der Waals surface area (Å²) < 4.78 is 12.3. The number of methoxy groups -OCH3 is 1. The molecular formula is C20H24N4O5S. The summed E-state index contributed by atoms with van der Waals surface area (Å²) in [5.74, 6) is 0.516. The van der Waals surface area contributed by atoms with E-state index in [-0.39, 0.29) is 30.8 Å². The third-order valence-corrected chi connectivity index (χ3v) is 6.30. The van der Waals surface area contributed by atoms with E-state index in [0.29, 0.717) is 31.4 Å². The fourth-order valence-corrected chi connectivity index (χ4v) is 4.49. The van der Waals surface area contributed by atoms with E-state index in [4.69, 9.17) is 9.47 Å². The van der Waals surface area contributed by atoms with Gasteiger partial charge >= 0.3 is 6.03 Å². The van der Waals surface area contributed by atoms with Crippen LogP contribution in [-0.2, 0) is 9.59 Å². The number of carbonyl (C=O) groups excluding carboxylic acids is 3. The highest BCUT2D eigenvalue weighted by molar-refractivity contribution is 7.20. The summed E-state index contributed by atoms with van der Waals surface area (Å²) in [5, 5.41) is 2.91. The Balaban J connectivity index is 1.24. The normalized spacial score (nSPS) is 17.9. The number of likely N-dealkylation sites (tertiary alicyclic amines) is 1. The molecule has 9 nitrogen and oxygen atoms in total. The van der Waals surface area contributed by atoms with Gasteiger partial charge in [0.25, 0.3) is 5.19 Å². The zero-order valence-electron chi connectivity index (χ0n) is 16.8. The number of hydrogen-bond acceptors (Lipinski definition) is 7. The number of fused-ring (bicyclic) bond motifs is 1. The lowest BCUT2D eigenvalue weighted by atomic mass is 10.1. The van der Waals surface area contributed by atoms with Gasteiger partial charge in [0, 0.05) is 57.9 Å². The van der Waals surface area contributed by atoms with Crippen LogP contribution in [0.5, 0.6) is 10.9 Å². The molecule has 2 aromatic rings. The van der Waals surface area contributed by atoms with Gasteiger partial charge in [-0.15, -0.1) is 0 Å². The van der Waals surface area contributed by atoms with Gasteiger partial charge in [-0.2, -0.15) is 0 Å². The number of thiazole rings is 1. The average molecular weight is 433 g/mol. The zero-order valence-corrected chi connectivity index (χ0v) is 17.6. The average Bonchev–Trinajstić information content (AvgIpc) is 3.14. The van der Waals surface area contributed by atoms with Crippen LogP contribution >= 0.6 is 11.3 Å².